The molecule has 104 valence electrons. The van der Waals surface area contributed by atoms with E-state index in [-0.39, 0.29) is 11.5 Å². The summed E-state index contributed by atoms with van der Waals surface area (Å²) in [5.74, 6) is 0.675. The number of methoxy groups -OCH3 is 1. The maximum Gasteiger partial charge on any atom is 0.233 e. The summed E-state index contributed by atoms with van der Waals surface area (Å²) in [6.07, 6.45) is 3.95. The van der Waals surface area contributed by atoms with Crippen LogP contribution in [0.15, 0.2) is 30.6 Å². The van der Waals surface area contributed by atoms with Gasteiger partial charge in [0.1, 0.15) is 11.4 Å². The van der Waals surface area contributed by atoms with Crippen molar-refractivity contribution in [2.24, 2.45) is 0 Å². The van der Waals surface area contributed by atoms with Crippen LogP contribution in [0.2, 0.25) is 0 Å². The highest BCUT2D eigenvalue weighted by atomic mass is 16.5. The second kappa shape index (κ2) is 6.60. The molecule has 2 heterocycles. The van der Waals surface area contributed by atoms with Crippen molar-refractivity contribution >= 4 is 5.78 Å². The number of carbonyl (C=O) groups is 1. The zero-order chi connectivity index (χ0) is 14.4. The molecule has 0 saturated heterocycles. The van der Waals surface area contributed by atoms with Gasteiger partial charge in [0.05, 0.1) is 19.9 Å². The van der Waals surface area contributed by atoms with Gasteiger partial charge in [0, 0.05) is 17.8 Å². The molecule has 20 heavy (non-hydrogen) atoms. The summed E-state index contributed by atoms with van der Waals surface area (Å²) in [6.45, 7) is 2.59. The lowest BCUT2D eigenvalue weighted by Gasteiger charge is -2.05. The molecule has 0 aliphatic carbocycles. The Morgan fingerprint density at radius 3 is 2.75 bits per heavy atom. The molecule has 6 nitrogen and oxygen atoms in total. The summed E-state index contributed by atoms with van der Waals surface area (Å²) in [6, 6.07) is 4.80. The average Bonchev–Trinajstić information content (AvgIpc) is 2.52. The lowest BCUT2D eigenvalue weighted by molar-refractivity contribution is 0.103. The van der Waals surface area contributed by atoms with E-state index < -0.39 is 0 Å². The fraction of sp³-hybridized carbons (Fsp3) is 0.286. The van der Waals surface area contributed by atoms with E-state index in [0.29, 0.717) is 23.8 Å². The number of ether oxygens (including phenoxy) is 2. The molecule has 6 heteroatoms. The van der Waals surface area contributed by atoms with Gasteiger partial charge in [-0.25, -0.2) is 0 Å². The van der Waals surface area contributed by atoms with Crippen LogP contribution in [0.1, 0.15) is 29.4 Å². The Bertz CT molecular complexity index is 584. The highest BCUT2D eigenvalue weighted by Crippen LogP contribution is 2.15. The molecule has 0 aliphatic rings. The quantitative estimate of drug-likeness (QED) is 0.748. The van der Waals surface area contributed by atoms with E-state index in [1.807, 2.05) is 6.92 Å². The van der Waals surface area contributed by atoms with Crippen molar-refractivity contribution in [3.63, 3.8) is 0 Å². The van der Waals surface area contributed by atoms with Gasteiger partial charge in [-0.05, 0) is 18.6 Å². The summed E-state index contributed by atoms with van der Waals surface area (Å²) in [4.78, 5) is 16.2. The van der Waals surface area contributed by atoms with E-state index >= 15 is 0 Å². The number of nitrogens with zero attached hydrogens (tertiary/aromatic N) is 3. The monoisotopic (exact) mass is 273 g/mol. The molecular weight excluding hydrogens is 258 g/mol. The van der Waals surface area contributed by atoms with E-state index in [0.717, 1.165) is 6.42 Å². The minimum Gasteiger partial charge on any atom is -0.492 e. The van der Waals surface area contributed by atoms with Crippen LogP contribution in [0.25, 0.3) is 0 Å². The summed E-state index contributed by atoms with van der Waals surface area (Å²) in [5, 5.41) is 7.60. The Balaban J connectivity index is 2.19. The Hall–Kier alpha value is -2.50. The van der Waals surface area contributed by atoms with Crippen molar-refractivity contribution in [2.75, 3.05) is 13.7 Å². The number of pyridine rings is 1. The van der Waals surface area contributed by atoms with Crippen LogP contribution < -0.4 is 9.47 Å². The second-order valence-corrected chi connectivity index (χ2v) is 4.05. The van der Waals surface area contributed by atoms with E-state index in [1.54, 1.807) is 24.4 Å². The topological polar surface area (TPSA) is 74.2 Å². The zero-order valence-electron chi connectivity index (χ0n) is 11.4. The molecule has 0 aliphatic heterocycles. The van der Waals surface area contributed by atoms with Gasteiger partial charge >= 0.3 is 0 Å². The molecule has 2 rings (SSSR count). The van der Waals surface area contributed by atoms with Crippen LogP contribution in [0.3, 0.4) is 0 Å². The predicted octanol–water partition coefficient (Wildman–Crippen LogP) is 1.90. The van der Waals surface area contributed by atoms with Crippen molar-refractivity contribution in [1.29, 1.82) is 0 Å². The number of rotatable bonds is 6. The minimum atomic E-state index is -0.255. The van der Waals surface area contributed by atoms with Crippen molar-refractivity contribution < 1.29 is 14.3 Å². The Morgan fingerprint density at radius 1 is 1.25 bits per heavy atom. The molecule has 0 fully saturated rings. The van der Waals surface area contributed by atoms with E-state index in [1.165, 1.54) is 13.3 Å². The van der Waals surface area contributed by atoms with Gasteiger partial charge in [0.15, 0.2) is 0 Å². The fourth-order valence-electron chi connectivity index (χ4n) is 1.54. The van der Waals surface area contributed by atoms with Crippen molar-refractivity contribution in [2.45, 2.75) is 13.3 Å². The first-order valence-corrected chi connectivity index (χ1v) is 6.25. The normalized spacial score (nSPS) is 10.1. The Morgan fingerprint density at radius 2 is 2.10 bits per heavy atom. The Labute approximate surface area is 116 Å². The first-order valence-electron chi connectivity index (χ1n) is 6.25. The third-order valence-electron chi connectivity index (χ3n) is 2.53. The van der Waals surface area contributed by atoms with Gasteiger partial charge in [0.25, 0.3) is 0 Å². The molecule has 2 aromatic rings. The summed E-state index contributed by atoms with van der Waals surface area (Å²) < 4.78 is 10.3. The van der Waals surface area contributed by atoms with E-state index in [4.69, 9.17) is 9.47 Å². The molecule has 0 aromatic carbocycles. The van der Waals surface area contributed by atoms with Crippen LogP contribution in [-0.2, 0) is 0 Å². The Kier molecular flexibility index (Phi) is 4.60. The van der Waals surface area contributed by atoms with Crippen LogP contribution in [0, 0.1) is 0 Å². The number of ketones is 1. The molecule has 0 radical (unpaired) electrons. The van der Waals surface area contributed by atoms with Crippen molar-refractivity contribution in [3.8, 4) is 11.6 Å². The van der Waals surface area contributed by atoms with Crippen LogP contribution in [0.4, 0.5) is 0 Å². The molecule has 2 aromatic heterocycles. The van der Waals surface area contributed by atoms with Crippen LogP contribution in [-0.4, -0.2) is 34.7 Å². The van der Waals surface area contributed by atoms with Gasteiger partial charge in [-0.2, -0.15) is 0 Å². The van der Waals surface area contributed by atoms with Crippen molar-refractivity contribution in [3.05, 3.63) is 41.9 Å². The maximum absolute atomic E-state index is 12.2. The van der Waals surface area contributed by atoms with Gasteiger partial charge < -0.3 is 9.47 Å². The third kappa shape index (κ3) is 3.28. The zero-order valence-corrected chi connectivity index (χ0v) is 11.4. The second-order valence-electron chi connectivity index (χ2n) is 4.05. The van der Waals surface area contributed by atoms with Gasteiger partial charge in [-0.15, -0.1) is 10.2 Å². The third-order valence-corrected chi connectivity index (χ3v) is 2.53. The molecule has 0 bridgehead atoms. The molecule has 0 amide bonds. The summed E-state index contributed by atoms with van der Waals surface area (Å²) >= 11 is 0. The first-order chi connectivity index (χ1) is 9.74. The molecule has 0 atom stereocenters. The standard InChI is InChI=1S/C14H15N3O3/c1-3-6-20-11-7-10(8-15-9-11)14(18)12-4-5-13(19-2)17-16-12/h4-5,7-9H,3,6H2,1-2H3. The summed E-state index contributed by atoms with van der Waals surface area (Å²) in [7, 11) is 1.49. The van der Waals surface area contributed by atoms with Crippen LogP contribution in [0.5, 0.6) is 11.6 Å². The number of carbonyl (C=O) groups excluding carboxylic acids is 1. The lowest BCUT2D eigenvalue weighted by Crippen LogP contribution is -2.07. The molecule has 0 unspecified atom stereocenters. The molecule has 0 N–H and O–H groups in total. The predicted molar refractivity (Wildman–Crippen MR) is 72.0 cm³/mol. The van der Waals surface area contributed by atoms with E-state index in [2.05, 4.69) is 15.2 Å². The van der Waals surface area contributed by atoms with Gasteiger partial charge in [-0.3, -0.25) is 9.78 Å². The van der Waals surface area contributed by atoms with Crippen molar-refractivity contribution in [1.82, 2.24) is 15.2 Å². The maximum atomic E-state index is 12.2. The lowest BCUT2D eigenvalue weighted by atomic mass is 10.1. The smallest absolute Gasteiger partial charge is 0.233 e. The van der Waals surface area contributed by atoms with Gasteiger partial charge in [0.2, 0.25) is 11.7 Å². The molecule has 0 saturated carbocycles. The fourth-order valence-corrected chi connectivity index (χ4v) is 1.54. The average molecular weight is 273 g/mol. The minimum absolute atomic E-state index is 0.236. The number of hydrogen-bond donors (Lipinski definition) is 0. The van der Waals surface area contributed by atoms with Gasteiger partial charge in [-0.1, -0.05) is 6.92 Å². The highest BCUT2D eigenvalue weighted by Gasteiger charge is 2.13. The van der Waals surface area contributed by atoms with Crippen LogP contribution >= 0.6 is 0 Å². The SMILES string of the molecule is CCCOc1cncc(C(=O)c2ccc(OC)nn2)c1. The molecular formula is C14H15N3O3. The number of aromatic nitrogens is 3. The largest absolute Gasteiger partial charge is 0.492 e. The summed E-state index contributed by atoms with van der Waals surface area (Å²) in [5.41, 5.74) is 0.651. The highest BCUT2D eigenvalue weighted by molar-refractivity contribution is 6.07. The first kappa shape index (κ1) is 13.9. The van der Waals surface area contributed by atoms with E-state index in [9.17, 15) is 4.79 Å². The molecule has 0 spiro atoms. The number of hydrogen-bond acceptors (Lipinski definition) is 6.